The van der Waals surface area contributed by atoms with Crippen LogP contribution < -0.4 is 5.32 Å². The second-order valence-corrected chi connectivity index (χ2v) is 3.97. The number of hydrogen-bond donors (Lipinski definition) is 2. The molecule has 1 amide bonds. The summed E-state index contributed by atoms with van der Waals surface area (Å²) in [7, 11) is 0. The Labute approximate surface area is 97.7 Å². The molecule has 0 bridgehead atoms. The van der Waals surface area contributed by atoms with E-state index in [0.717, 1.165) is 12.3 Å². The van der Waals surface area contributed by atoms with Crippen molar-refractivity contribution in [2.75, 3.05) is 6.61 Å². The summed E-state index contributed by atoms with van der Waals surface area (Å²) in [4.78, 5) is 14.7. The maximum absolute atomic E-state index is 13.2. The number of pyridine rings is 1. The minimum Gasteiger partial charge on any atom is -0.394 e. The first-order valence-electron chi connectivity index (χ1n) is 5.19. The van der Waals surface area contributed by atoms with E-state index in [1.54, 1.807) is 13.8 Å². The minimum atomic E-state index is -1.32. The lowest BCUT2D eigenvalue weighted by atomic mass is 10.0. The lowest BCUT2D eigenvalue weighted by molar-refractivity contribution is 0.0891. The second-order valence-electron chi connectivity index (χ2n) is 3.97. The molecule has 0 saturated heterocycles. The number of nitrogens with one attached hydrogen (secondary N) is 1. The Kier molecular flexibility index (Phi) is 4.51. The molecular weight excluding hydrogens is 230 g/mol. The van der Waals surface area contributed by atoms with Crippen LogP contribution in [0.3, 0.4) is 0 Å². The maximum Gasteiger partial charge on any atom is 0.254 e. The maximum atomic E-state index is 13.2. The van der Waals surface area contributed by atoms with Gasteiger partial charge in [-0.3, -0.25) is 4.79 Å². The number of aliphatic hydroxyl groups is 1. The van der Waals surface area contributed by atoms with E-state index in [9.17, 15) is 13.6 Å². The number of nitrogens with zero attached hydrogens (tertiary/aromatic N) is 1. The van der Waals surface area contributed by atoms with Gasteiger partial charge in [-0.25, -0.2) is 9.37 Å². The highest BCUT2D eigenvalue weighted by Gasteiger charge is 2.20. The molecule has 0 aromatic carbocycles. The van der Waals surface area contributed by atoms with Crippen molar-refractivity contribution in [1.82, 2.24) is 10.3 Å². The molecule has 0 fully saturated rings. The van der Waals surface area contributed by atoms with Crippen molar-refractivity contribution in [2.24, 2.45) is 5.92 Å². The van der Waals surface area contributed by atoms with E-state index < -0.39 is 29.3 Å². The van der Waals surface area contributed by atoms with Gasteiger partial charge in [-0.05, 0) is 12.0 Å². The molecule has 1 atom stereocenters. The topological polar surface area (TPSA) is 62.2 Å². The Morgan fingerprint density at radius 2 is 2.18 bits per heavy atom. The molecule has 1 rings (SSSR count). The lowest BCUT2D eigenvalue weighted by Crippen LogP contribution is -2.41. The van der Waals surface area contributed by atoms with Gasteiger partial charge >= 0.3 is 0 Å². The summed E-state index contributed by atoms with van der Waals surface area (Å²) in [6.07, 6.45) is 1.01. The molecule has 2 N–H and O–H groups in total. The molecule has 0 saturated carbocycles. The third-order valence-electron chi connectivity index (χ3n) is 2.41. The molecule has 1 unspecified atom stereocenters. The van der Waals surface area contributed by atoms with E-state index >= 15 is 0 Å². The van der Waals surface area contributed by atoms with E-state index in [-0.39, 0.29) is 12.5 Å². The molecule has 1 aromatic heterocycles. The number of carbonyl (C=O) groups is 1. The van der Waals surface area contributed by atoms with Crippen LogP contribution in [-0.4, -0.2) is 28.6 Å². The van der Waals surface area contributed by atoms with Gasteiger partial charge in [-0.2, -0.15) is 4.39 Å². The third kappa shape index (κ3) is 3.20. The van der Waals surface area contributed by atoms with Crippen molar-refractivity contribution in [3.8, 4) is 0 Å². The molecule has 4 nitrogen and oxygen atoms in total. The molecule has 1 heterocycles. The Hall–Kier alpha value is -1.56. The number of aliphatic hydroxyl groups excluding tert-OH is 1. The fraction of sp³-hybridized carbons (Fsp3) is 0.455. The zero-order valence-electron chi connectivity index (χ0n) is 9.58. The first kappa shape index (κ1) is 13.5. The average molecular weight is 244 g/mol. The number of halogens is 2. The lowest BCUT2D eigenvalue weighted by Gasteiger charge is -2.19. The monoisotopic (exact) mass is 244 g/mol. The Morgan fingerprint density at radius 1 is 1.53 bits per heavy atom. The number of carbonyl (C=O) groups excluding carboxylic acids is 1. The number of aromatic nitrogens is 1. The summed E-state index contributed by atoms with van der Waals surface area (Å²) >= 11 is 0. The van der Waals surface area contributed by atoms with Gasteiger partial charge in [0, 0.05) is 6.20 Å². The van der Waals surface area contributed by atoms with Crippen molar-refractivity contribution in [3.05, 3.63) is 29.6 Å². The van der Waals surface area contributed by atoms with Crippen LogP contribution in [0.2, 0.25) is 0 Å². The molecule has 0 aliphatic rings. The van der Waals surface area contributed by atoms with Gasteiger partial charge in [0.2, 0.25) is 5.95 Å². The number of hydrogen-bond acceptors (Lipinski definition) is 3. The fourth-order valence-corrected chi connectivity index (χ4v) is 1.26. The van der Waals surface area contributed by atoms with Gasteiger partial charge in [-0.15, -0.1) is 0 Å². The summed E-state index contributed by atoms with van der Waals surface area (Å²) in [5.74, 6) is -3.39. The van der Waals surface area contributed by atoms with E-state index in [2.05, 4.69) is 10.3 Å². The number of amides is 1. The summed E-state index contributed by atoms with van der Waals surface area (Å²) in [6, 6.07) is 0.584. The minimum absolute atomic E-state index is 0.0151. The van der Waals surface area contributed by atoms with Crippen LogP contribution in [0.15, 0.2) is 12.3 Å². The van der Waals surface area contributed by atoms with Crippen LogP contribution in [0.5, 0.6) is 0 Å². The van der Waals surface area contributed by atoms with Gasteiger partial charge in [-0.1, -0.05) is 13.8 Å². The number of rotatable bonds is 4. The van der Waals surface area contributed by atoms with Crippen LogP contribution in [0.25, 0.3) is 0 Å². The van der Waals surface area contributed by atoms with Gasteiger partial charge in [0.15, 0.2) is 5.82 Å². The molecule has 1 aromatic rings. The quantitative estimate of drug-likeness (QED) is 0.780. The zero-order valence-corrected chi connectivity index (χ0v) is 9.58. The highest BCUT2D eigenvalue weighted by Crippen LogP contribution is 2.10. The Bertz CT molecular complexity index is 410. The van der Waals surface area contributed by atoms with E-state index in [4.69, 9.17) is 5.11 Å². The predicted molar refractivity (Wildman–Crippen MR) is 57.3 cm³/mol. The van der Waals surface area contributed by atoms with Crippen LogP contribution >= 0.6 is 0 Å². The van der Waals surface area contributed by atoms with Crippen LogP contribution in [0, 0.1) is 17.7 Å². The summed E-state index contributed by atoms with van der Waals surface area (Å²) in [6.45, 7) is 3.33. The largest absolute Gasteiger partial charge is 0.394 e. The average Bonchev–Trinajstić information content (AvgIpc) is 2.28. The SMILES string of the molecule is CC(C)C(CO)NC(=O)c1ccnc(F)c1F. The molecule has 0 aliphatic heterocycles. The molecule has 17 heavy (non-hydrogen) atoms. The molecule has 0 radical (unpaired) electrons. The third-order valence-corrected chi connectivity index (χ3v) is 2.41. The second kappa shape index (κ2) is 5.67. The molecule has 94 valence electrons. The van der Waals surface area contributed by atoms with Crippen molar-refractivity contribution < 1.29 is 18.7 Å². The predicted octanol–water partition coefficient (Wildman–Crippen LogP) is 1.11. The fourth-order valence-electron chi connectivity index (χ4n) is 1.26. The van der Waals surface area contributed by atoms with Crippen LogP contribution in [-0.2, 0) is 0 Å². The molecule has 6 heteroatoms. The van der Waals surface area contributed by atoms with E-state index in [1.807, 2.05) is 0 Å². The van der Waals surface area contributed by atoms with Gasteiger partial charge in [0.25, 0.3) is 5.91 Å². The van der Waals surface area contributed by atoms with Crippen LogP contribution in [0.1, 0.15) is 24.2 Å². The molecule has 0 aliphatic carbocycles. The normalized spacial score (nSPS) is 12.6. The van der Waals surface area contributed by atoms with Gasteiger partial charge in [0.05, 0.1) is 18.2 Å². The smallest absolute Gasteiger partial charge is 0.254 e. The van der Waals surface area contributed by atoms with Crippen molar-refractivity contribution in [3.63, 3.8) is 0 Å². The summed E-state index contributed by atoms with van der Waals surface area (Å²) in [5.41, 5.74) is -0.420. The van der Waals surface area contributed by atoms with Crippen molar-refractivity contribution in [1.29, 1.82) is 0 Å². The highest BCUT2D eigenvalue weighted by molar-refractivity contribution is 5.94. The van der Waals surface area contributed by atoms with Crippen LogP contribution in [0.4, 0.5) is 8.78 Å². The Morgan fingerprint density at radius 3 is 2.71 bits per heavy atom. The first-order valence-corrected chi connectivity index (χ1v) is 5.19. The first-order chi connectivity index (χ1) is 7.97. The molecular formula is C11H14F2N2O2. The van der Waals surface area contributed by atoms with Crippen molar-refractivity contribution >= 4 is 5.91 Å². The van der Waals surface area contributed by atoms with E-state index in [1.165, 1.54) is 0 Å². The van der Waals surface area contributed by atoms with Gasteiger partial charge in [0.1, 0.15) is 0 Å². The summed E-state index contributed by atoms with van der Waals surface area (Å²) in [5, 5.41) is 11.4. The van der Waals surface area contributed by atoms with Crippen molar-refractivity contribution in [2.45, 2.75) is 19.9 Å². The zero-order chi connectivity index (χ0) is 13.0. The Balaban J connectivity index is 2.86. The summed E-state index contributed by atoms with van der Waals surface area (Å²) < 4.78 is 26.0. The standard InChI is InChI=1S/C11H14F2N2O2/c1-6(2)8(5-16)15-11(17)7-3-4-14-10(13)9(7)12/h3-4,6,8,16H,5H2,1-2H3,(H,15,17). The highest BCUT2D eigenvalue weighted by atomic mass is 19.2. The van der Waals surface area contributed by atoms with E-state index in [0.29, 0.717) is 0 Å². The van der Waals surface area contributed by atoms with Gasteiger partial charge < -0.3 is 10.4 Å². The molecule has 0 spiro atoms.